The molecule has 1 amide bonds. The maximum Gasteiger partial charge on any atom is 0.239 e. The Bertz CT molecular complexity index is 426. The van der Waals surface area contributed by atoms with Crippen molar-refractivity contribution in [3.8, 4) is 0 Å². The van der Waals surface area contributed by atoms with Crippen molar-refractivity contribution >= 4 is 5.91 Å². The molecule has 1 atom stereocenters. The highest BCUT2D eigenvalue weighted by molar-refractivity contribution is 5.81. The zero-order valence-corrected chi connectivity index (χ0v) is 8.71. The van der Waals surface area contributed by atoms with Gasteiger partial charge in [-0.3, -0.25) is 4.79 Å². The third-order valence-corrected chi connectivity index (χ3v) is 2.10. The summed E-state index contributed by atoms with van der Waals surface area (Å²) in [4.78, 5) is 11.1. The average Bonchev–Trinajstić information content (AvgIpc) is 2.33. The average molecular weight is 248 g/mol. The molecule has 0 saturated heterocycles. The van der Waals surface area contributed by atoms with E-state index in [1.165, 1.54) is 0 Å². The summed E-state index contributed by atoms with van der Waals surface area (Å²) in [6, 6.07) is 0.632. The maximum absolute atomic E-state index is 13.1. The molecule has 1 unspecified atom stereocenters. The third kappa shape index (κ3) is 3.18. The lowest BCUT2D eigenvalue weighted by molar-refractivity contribution is -0.123. The van der Waals surface area contributed by atoms with Gasteiger partial charge < -0.3 is 16.2 Å². The van der Waals surface area contributed by atoms with Crippen LogP contribution in [0.1, 0.15) is 5.56 Å². The van der Waals surface area contributed by atoms with Crippen LogP contribution in [-0.2, 0) is 11.3 Å². The Kier molecular flexibility index (Phi) is 4.47. The van der Waals surface area contributed by atoms with Gasteiger partial charge in [-0.1, -0.05) is 6.07 Å². The van der Waals surface area contributed by atoms with E-state index in [0.29, 0.717) is 0 Å². The maximum atomic E-state index is 13.1. The number of carbonyl (C=O) groups excluding carboxylic acids is 1. The molecule has 0 spiro atoms. The van der Waals surface area contributed by atoms with Crippen LogP contribution in [0.2, 0.25) is 0 Å². The van der Waals surface area contributed by atoms with Gasteiger partial charge in [0.25, 0.3) is 0 Å². The van der Waals surface area contributed by atoms with E-state index >= 15 is 0 Å². The molecule has 0 aliphatic rings. The van der Waals surface area contributed by atoms with Gasteiger partial charge in [-0.25, -0.2) is 13.2 Å². The van der Waals surface area contributed by atoms with E-state index in [4.69, 9.17) is 10.8 Å². The van der Waals surface area contributed by atoms with Crippen LogP contribution in [0.15, 0.2) is 12.1 Å². The molecular formula is C10H11F3N2O2. The molecule has 1 aromatic rings. The van der Waals surface area contributed by atoms with E-state index in [1.54, 1.807) is 0 Å². The topological polar surface area (TPSA) is 75.3 Å². The second-order valence-electron chi connectivity index (χ2n) is 3.34. The minimum absolute atomic E-state index is 0.206. The Hall–Kier alpha value is -1.60. The van der Waals surface area contributed by atoms with Crippen molar-refractivity contribution in [3.63, 3.8) is 0 Å². The molecule has 0 bridgehead atoms. The summed E-state index contributed by atoms with van der Waals surface area (Å²) in [5.74, 6) is -4.97. The van der Waals surface area contributed by atoms with Crippen LogP contribution in [0, 0.1) is 17.5 Å². The van der Waals surface area contributed by atoms with Crippen molar-refractivity contribution in [2.75, 3.05) is 6.61 Å². The van der Waals surface area contributed by atoms with Crippen molar-refractivity contribution in [1.82, 2.24) is 5.32 Å². The molecule has 94 valence electrons. The summed E-state index contributed by atoms with van der Waals surface area (Å²) in [6.07, 6.45) is 0. The molecule has 0 aliphatic carbocycles. The van der Waals surface area contributed by atoms with Crippen molar-refractivity contribution < 1.29 is 23.1 Å². The lowest BCUT2D eigenvalue weighted by Crippen LogP contribution is -2.42. The molecule has 0 saturated carbocycles. The predicted octanol–water partition coefficient (Wildman–Crippen LogP) is 0.0397. The molecule has 0 aromatic heterocycles. The first kappa shape index (κ1) is 13.5. The van der Waals surface area contributed by atoms with Crippen LogP contribution in [0.25, 0.3) is 0 Å². The Morgan fingerprint density at radius 1 is 1.35 bits per heavy atom. The lowest BCUT2D eigenvalue weighted by atomic mass is 10.2. The molecule has 1 rings (SSSR count). The number of benzene rings is 1. The molecule has 4 nitrogen and oxygen atoms in total. The van der Waals surface area contributed by atoms with Gasteiger partial charge in [0.05, 0.1) is 6.61 Å². The van der Waals surface area contributed by atoms with Crippen LogP contribution in [-0.4, -0.2) is 23.7 Å². The summed E-state index contributed by atoms with van der Waals surface area (Å²) in [6.45, 7) is -0.901. The Morgan fingerprint density at radius 2 is 2.00 bits per heavy atom. The van der Waals surface area contributed by atoms with Gasteiger partial charge in [0.1, 0.15) is 6.04 Å². The predicted molar refractivity (Wildman–Crippen MR) is 53.2 cm³/mol. The van der Waals surface area contributed by atoms with E-state index in [-0.39, 0.29) is 12.1 Å². The number of nitrogens with one attached hydrogen (secondary N) is 1. The number of halogens is 3. The highest BCUT2D eigenvalue weighted by Crippen LogP contribution is 2.14. The summed E-state index contributed by atoms with van der Waals surface area (Å²) in [7, 11) is 0. The zero-order valence-electron chi connectivity index (χ0n) is 8.71. The molecule has 0 aliphatic heterocycles. The SMILES string of the molecule is NC(CO)C(=O)NCc1ccc(F)c(F)c1F. The Morgan fingerprint density at radius 3 is 2.59 bits per heavy atom. The van der Waals surface area contributed by atoms with E-state index in [0.717, 1.165) is 12.1 Å². The van der Waals surface area contributed by atoms with Gasteiger partial charge in [-0.15, -0.1) is 0 Å². The quantitative estimate of drug-likeness (QED) is 0.658. The molecule has 0 fully saturated rings. The molecule has 1 aromatic carbocycles. The van der Waals surface area contributed by atoms with Crippen LogP contribution in [0.3, 0.4) is 0 Å². The van der Waals surface area contributed by atoms with Crippen molar-refractivity contribution in [1.29, 1.82) is 0 Å². The van der Waals surface area contributed by atoms with E-state index in [1.807, 2.05) is 0 Å². The Labute approximate surface area is 95.2 Å². The monoisotopic (exact) mass is 248 g/mol. The van der Waals surface area contributed by atoms with Gasteiger partial charge >= 0.3 is 0 Å². The zero-order chi connectivity index (χ0) is 13.0. The highest BCUT2D eigenvalue weighted by Gasteiger charge is 2.15. The third-order valence-electron chi connectivity index (χ3n) is 2.10. The van der Waals surface area contributed by atoms with Gasteiger partial charge in [0, 0.05) is 12.1 Å². The first-order chi connectivity index (χ1) is 7.97. The largest absolute Gasteiger partial charge is 0.394 e. The fraction of sp³-hybridized carbons (Fsp3) is 0.300. The normalized spacial score (nSPS) is 12.3. The number of amides is 1. The standard InChI is InChI=1S/C10H11F3N2O2/c11-6-2-1-5(8(12)9(6)13)3-15-10(17)7(14)4-16/h1-2,7,16H,3-4,14H2,(H,15,17). The number of nitrogens with two attached hydrogens (primary N) is 1. The molecule has 4 N–H and O–H groups in total. The van der Waals surface area contributed by atoms with E-state index in [9.17, 15) is 18.0 Å². The number of hydrogen-bond donors (Lipinski definition) is 3. The van der Waals surface area contributed by atoms with Gasteiger partial charge in [0.2, 0.25) is 5.91 Å². The van der Waals surface area contributed by atoms with Crippen LogP contribution >= 0.6 is 0 Å². The highest BCUT2D eigenvalue weighted by atomic mass is 19.2. The van der Waals surface area contributed by atoms with Crippen LogP contribution < -0.4 is 11.1 Å². The van der Waals surface area contributed by atoms with Gasteiger partial charge in [-0.2, -0.15) is 0 Å². The Balaban J connectivity index is 2.71. The molecule has 7 heteroatoms. The second kappa shape index (κ2) is 5.65. The number of hydrogen-bond acceptors (Lipinski definition) is 3. The minimum atomic E-state index is -1.59. The fourth-order valence-corrected chi connectivity index (χ4v) is 1.10. The second-order valence-corrected chi connectivity index (χ2v) is 3.34. The van der Waals surface area contributed by atoms with Crippen molar-refractivity contribution in [3.05, 3.63) is 35.1 Å². The summed E-state index contributed by atoms with van der Waals surface area (Å²) >= 11 is 0. The summed E-state index contributed by atoms with van der Waals surface area (Å²) in [5.41, 5.74) is 4.98. The smallest absolute Gasteiger partial charge is 0.239 e. The number of rotatable bonds is 4. The number of carbonyl (C=O) groups is 1. The summed E-state index contributed by atoms with van der Waals surface area (Å²) < 4.78 is 38.5. The van der Waals surface area contributed by atoms with Crippen LogP contribution in [0.5, 0.6) is 0 Å². The lowest BCUT2D eigenvalue weighted by Gasteiger charge is -2.10. The fourth-order valence-electron chi connectivity index (χ4n) is 1.10. The van der Waals surface area contributed by atoms with Crippen molar-refractivity contribution in [2.24, 2.45) is 5.73 Å². The molecule has 17 heavy (non-hydrogen) atoms. The molecular weight excluding hydrogens is 237 g/mol. The van der Waals surface area contributed by atoms with Gasteiger partial charge in [-0.05, 0) is 6.07 Å². The molecule has 0 radical (unpaired) electrons. The van der Waals surface area contributed by atoms with Gasteiger partial charge in [0.15, 0.2) is 17.5 Å². The van der Waals surface area contributed by atoms with Crippen LogP contribution in [0.4, 0.5) is 13.2 Å². The molecule has 0 heterocycles. The number of aliphatic hydroxyl groups excluding tert-OH is 1. The van der Waals surface area contributed by atoms with E-state index < -0.39 is 36.0 Å². The van der Waals surface area contributed by atoms with E-state index in [2.05, 4.69) is 5.32 Å². The number of aliphatic hydroxyl groups is 1. The first-order valence-corrected chi connectivity index (χ1v) is 4.74. The minimum Gasteiger partial charge on any atom is -0.394 e. The first-order valence-electron chi connectivity index (χ1n) is 4.74. The summed E-state index contributed by atoms with van der Waals surface area (Å²) in [5, 5.41) is 10.8. The van der Waals surface area contributed by atoms with Crippen molar-refractivity contribution in [2.45, 2.75) is 12.6 Å².